The molecule has 0 radical (unpaired) electrons. The molecule has 1 aliphatic rings. The molecule has 0 spiro atoms. The Morgan fingerprint density at radius 3 is 2.82 bits per heavy atom. The number of carbonyl (C=O) groups is 2. The Balaban J connectivity index is 2.47. The molecular formula is C6H10N2O3. The average Bonchev–Trinajstić information content (AvgIpc) is 2.09. The average molecular weight is 158 g/mol. The zero-order chi connectivity index (χ0) is 8.43. The highest BCUT2D eigenvalue weighted by molar-refractivity contribution is 5.85. The third-order valence-corrected chi connectivity index (χ3v) is 1.51. The van der Waals surface area contributed by atoms with Gasteiger partial charge in [0, 0.05) is 12.5 Å². The minimum absolute atomic E-state index is 0.0619. The number of amides is 2. The van der Waals surface area contributed by atoms with E-state index in [-0.39, 0.29) is 11.9 Å². The van der Waals surface area contributed by atoms with Crippen LogP contribution in [0.15, 0.2) is 0 Å². The van der Waals surface area contributed by atoms with Crippen LogP contribution in [-0.2, 0) is 9.53 Å². The molecule has 1 fully saturated rings. The van der Waals surface area contributed by atoms with Crippen LogP contribution in [0.2, 0.25) is 0 Å². The number of carbonyl (C=O) groups excluding carboxylic acids is 2. The fourth-order valence-corrected chi connectivity index (χ4v) is 1.06. The molecule has 0 bridgehead atoms. The maximum absolute atomic E-state index is 10.9. The van der Waals surface area contributed by atoms with Crippen molar-refractivity contribution >= 4 is 12.0 Å². The van der Waals surface area contributed by atoms with E-state index in [1.54, 1.807) is 0 Å². The van der Waals surface area contributed by atoms with Gasteiger partial charge in [0.2, 0.25) is 0 Å². The topological polar surface area (TPSA) is 81.4 Å². The summed E-state index contributed by atoms with van der Waals surface area (Å²) in [7, 11) is 0. The van der Waals surface area contributed by atoms with Crippen molar-refractivity contribution in [1.29, 1.82) is 0 Å². The first kappa shape index (κ1) is 7.84. The van der Waals surface area contributed by atoms with Crippen molar-refractivity contribution in [2.45, 2.75) is 25.5 Å². The first-order valence-electron chi connectivity index (χ1n) is 3.36. The van der Waals surface area contributed by atoms with Gasteiger partial charge in [0.25, 0.3) is 5.91 Å². The predicted octanol–water partition coefficient (Wildman–Crippen LogP) is -0.641. The monoisotopic (exact) mass is 158 g/mol. The summed E-state index contributed by atoms with van der Waals surface area (Å²) >= 11 is 0. The van der Waals surface area contributed by atoms with Gasteiger partial charge >= 0.3 is 6.09 Å². The number of hydrogen-bond donors (Lipinski definition) is 2. The highest BCUT2D eigenvalue weighted by Gasteiger charge is 2.31. The summed E-state index contributed by atoms with van der Waals surface area (Å²) in [5.74, 6) is -0.267. The molecule has 5 heteroatoms. The maximum Gasteiger partial charge on any atom is 0.405 e. The van der Waals surface area contributed by atoms with E-state index in [0.29, 0.717) is 6.42 Å². The Labute approximate surface area is 63.9 Å². The Morgan fingerprint density at radius 1 is 1.82 bits per heavy atom. The summed E-state index contributed by atoms with van der Waals surface area (Å²) in [5.41, 5.74) is 4.74. The Morgan fingerprint density at radius 2 is 2.45 bits per heavy atom. The van der Waals surface area contributed by atoms with Gasteiger partial charge in [0.1, 0.15) is 0 Å². The van der Waals surface area contributed by atoms with Crippen LogP contribution < -0.4 is 11.1 Å². The minimum Gasteiger partial charge on any atom is -0.436 e. The van der Waals surface area contributed by atoms with Crippen LogP contribution in [0.5, 0.6) is 0 Å². The van der Waals surface area contributed by atoms with Gasteiger partial charge in [0.15, 0.2) is 6.10 Å². The Hall–Kier alpha value is -1.26. The number of ether oxygens (including phenoxy) is 1. The van der Waals surface area contributed by atoms with Crippen molar-refractivity contribution in [2.24, 2.45) is 5.73 Å². The summed E-state index contributed by atoms with van der Waals surface area (Å²) in [6, 6.07) is 0.0619. The van der Waals surface area contributed by atoms with Crippen molar-refractivity contribution in [2.75, 3.05) is 0 Å². The lowest BCUT2D eigenvalue weighted by molar-refractivity contribution is -0.126. The van der Waals surface area contributed by atoms with Crippen molar-refractivity contribution in [1.82, 2.24) is 5.32 Å². The van der Waals surface area contributed by atoms with Crippen LogP contribution in [0, 0.1) is 0 Å². The molecule has 0 saturated carbocycles. The molecule has 0 aliphatic carbocycles. The summed E-state index contributed by atoms with van der Waals surface area (Å²) in [6.45, 7) is 1.84. The third kappa shape index (κ3) is 1.83. The molecule has 2 amide bonds. The second-order valence-electron chi connectivity index (χ2n) is 2.57. The van der Waals surface area contributed by atoms with Crippen LogP contribution in [0.1, 0.15) is 13.3 Å². The van der Waals surface area contributed by atoms with Crippen molar-refractivity contribution < 1.29 is 14.3 Å². The summed E-state index contributed by atoms with van der Waals surface area (Å²) in [6.07, 6.45) is -1.09. The highest BCUT2D eigenvalue weighted by Crippen LogP contribution is 2.10. The molecule has 1 saturated heterocycles. The second-order valence-corrected chi connectivity index (χ2v) is 2.57. The van der Waals surface area contributed by atoms with Gasteiger partial charge in [0.05, 0.1) is 0 Å². The zero-order valence-corrected chi connectivity index (χ0v) is 6.16. The van der Waals surface area contributed by atoms with Gasteiger partial charge < -0.3 is 15.8 Å². The van der Waals surface area contributed by atoms with Gasteiger partial charge in [-0.25, -0.2) is 4.79 Å². The quantitative estimate of drug-likeness (QED) is 0.532. The molecule has 0 unspecified atom stereocenters. The number of primary amides is 1. The largest absolute Gasteiger partial charge is 0.436 e. The lowest BCUT2D eigenvalue weighted by Gasteiger charge is -2.04. The Kier molecular flexibility index (Phi) is 1.98. The van der Waals surface area contributed by atoms with E-state index in [0.717, 1.165) is 0 Å². The molecule has 1 heterocycles. The van der Waals surface area contributed by atoms with Gasteiger partial charge in [-0.2, -0.15) is 0 Å². The molecule has 11 heavy (non-hydrogen) atoms. The highest BCUT2D eigenvalue weighted by atomic mass is 16.6. The van der Waals surface area contributed by atoms with Gasteiger partial charge in [-0.05, 0) is 6.92 Å². The number of hydrogen-bond acceptors (Lipinski definition) is 3. The van der Waals surface area contributed by atoms with E-state index in [4.69, 9.17) is 5.73 Å². The zero-order valence-electron chi connectivity index (χ0n) is 6.16. The SMILES string of the molecule is C[C@@H]1C[C@H](OC(N)=O)C(=O)N1. The smallest absolute Gasteiger partial charge is 0.405 e. The third-order valence-electron chi connectivity index (χ3n) is 1.51. The Bertz CT molecular complexity index is 192. The van der Waals surface area contributed by atoms with E-state index >= 15 is 0 Å². The van der Waals surface area contributed by atoms with Crippen LogP contribution in [0.25, 0.3) is 0 Å². The van der Waals surface area contributed by atoms with Crippen LogP contribution in [-0.4, -0.2) is 24.1 Å². The molecule has 1 aliphatic heterocycles. The molecule has 0 aromatic rings. The predicted molar refractivity (Wildman–Crippen MR) is 36.7 cm³/mol. The molecule has 3 N–H and O–H groups in total. The lowest BCUT2D eigenvalue weighted by Crippen LogP contribution is -2.30. The second kappa shape index (κ2) is 2.77. The fourth-order valence-electron chi connectivity index (χ4n) is 1.06. The minimum atomic E-state index is -0.903. The number of rotatable bonds is 1. The summed E-state index contributed by atoms with van der Waals surface area (Å²) < 4.78 is 4.52. The first-order valence-corrected chi connectivity index (χ1v) is 3.36. The molecule has 0 aromatic heterocycles. The van der Waals surface area contributed by atoms with Crippen molar-refractivity contribution in [3.05, 3.63) is 0 Å². The molecule has 0 aromatic carbocycles. The molecule has 2 atom stereocenters. The van der Waals surface area contributed by atoms with E-state index in [2.05, 4.69) is 10.1 Å². The van der Waals surface area contributed by atoms with Crippen LogP contribution in [0.3, 0.4) is 0 Å². The van der Waals surface area contributed by atoms with Crippen molar-refractivity contribution in [3.63, 3.8) is 0 Å². The van der Waals surface area contributed by atoms with E-state index in [1.165, 1.54) is 0 Å². The lowest BCUT2D eigenvalue weighted by atomic mass is 10.2. The molecule has 62 valence electrons. The normalized spacial score (nSPS) is 29.7. The van der Waals surface area contributed by atoms with Crippen LogP contribution >= 0.6 is 0 Å². The number of nitrogens with one attached hydrogen (secondary N) is 1. The van der Waals surface area contributed by atoms with E-state index in [9.17, 15) is 9.59 Å². The number of nitrogens with two attached hydrogens (primary N) is 1. The van der Waals surface area contributed by atoms with Gasteiger partial charge in [-0.15, -0.1) is 0 Å². The first-order chi connectivity index (χ1) is 5.09. The van der Waals surface area contributed by atoms with E-state index < -0.39 is 12.2 Å². The molecular weight excluding hydrogens is 148 g/mol. The van der Waals surface area contributed by atoms with Crippen molar-refractivity contribution in [3.8, 4) is 0 Å². The summed E-state index contributed by atoms with van der Waals surface area (Å²) in [4.78, 5) is 21.1. The van der Waals surface area contributed by atoms with Crippen LogP contribution in [0.4, 0.5) is 4.79 Å². The fraction of sp³-hybridized carbons (Fsp3) is 0.667. The maximum atomic E-state index is 10.9. The summed E-state index contributed by atoms with van der Waals surface area (Å²) in [5, 5.41) is 2.60. The molecule has 1 rings (SSSR count). The van der Waals surface area contributed by atoms with Gasteiger partial charge in [-0.1, -0.05) is 0 Å². The standard InChI is InChI=1S/C6H10N2O3/c1-3-2-4(5(9)8-3)11-6(7)10/h3-4H,2H2,1H3,(H2,7,10)(H,8,9)/t3-,4+/m1/s1. The molecule has 5 nitrogen and oxygen atoms in total. The van der Waals surface area contributed by atoms with Gasteiger partial charge in [-0.3, -0.25) is 4.79 Å². The van der Waals surface area contributed by atoms with E-state index in [1.807, 2.05) is 6.92 Å².